The zero-order valence-electron chi connectivity index (χ0n) is 12.0. The summed E-state index contributed by atoms with van der Waals surface area (Å²) >= 11 is 34.2. The summed E-state index contributed by atoms with van der Waals surface area (Å²) < 4.78 is 6.17. The van der Waals surface area contributed by atoms with Crippen molar-refractivity contribution in [3.05, 3.63) is 16.3 Å². The third-order valence-corrected chi connectivity index (χ3v) is 11.7. The zero-order valence-corrected chi connectivity index (χ0v) is 20.1. The second-order valence-corrected chi connectivity index (χ2v) is 13.5. The first kappa shape index (κ1) is 18.4. The van der Waals surface area contributed by atoms with Crippen molar-refractivity contribution in [2.75, 3.05) is 12.5 Å². The van der Waals surface area contributed by atoms with Crippen LogP contribution in [0.1, 0.15) is 0 Å². The fraction of sp³-hybridized carbons (Fsp3) is 0.143. The molecule has 2 aromatic heterocycles. The molecule has 4 rings (SSSR count). The van der Waals surface area contributed by atoms with Crippen molar-refractivity contribution >= 4 is 146 Å². The van der Waals surface area contributed by atoms with Gasteiger partial charge >= 0.3 is 0 Å². The van der Waals surface area contributed by atoms with E-state index in [4.69, 9.17) is 47.6 Å². The van der Waals surface area contributed by atoms with E-state index in [1.54, 1.807) is 68.9 Å². The van der Waals surface area contributed by atoms with Gasteiger partial charge < -0.3 is 0 Å². The van der Waals surface area contributed by atoms with Crippen LogP contribution in [0, 0.1) is 6.28 Å². The second kappa shape index (κ2) is 6.89. The molecule has 0 unspecified atom stereocenters. The van der Waals surface area contributed by atoms with Gasteiger partial charge in [-0.2, -0.15) is 0 Å². The van der Waals surface area contributed by atoms with Crippen LogP contribution in [-0.4, -0.2) is 12.5 Å². The molecular weight excluding hydrogens is 496 g/mol. The van der Waals surface area contributed by atoms with Crippen LogP contribution in [0.4, 0.5) is 0 Å². The Hall–Kier alpha value is 1.04. The van der Waals surface area contributed by atoms with E-state index >= 15 is 0 Å². The standard InChI is InChI=1S/C14H6Cl2S8/c1-19-7-3-4(10-11(5(7)15)23-14(18)22-10)8(20-2)6(16)12-9(3)21-13(17)24-12/h1-2H3. The highest BCUT2D eigenvalue weighted by Crippen LogP contribution is 2.54. The minimum atomic E-state index is 0.794. The van der Waals surface area contributed by atoms with Crippen molar-refractivity contribution in [2.24, 2.45) is 0 Å². The zero-order chi connectivity index (χ0) is 17.2. The van der Waals surface area contributed by atoms with Crippen molar-refractivity contribution in [3.8, 4) is 0 Å². The van der Waals surface area contributed by atoms with Crippen LogP contribution < -0.4 is 0 Å². The monoisotopic (exact) mass is 500 g/mol. The molecule has 0 nitrogen and oxygen atoms in total. The van der Waals surface area contributed by atoms with Gasteiger partial charge in [0.2, 0.25) is 0 Å². The predicted octanol–water partition coefficient (Wildman–Crippen LogP) is 9.60. The van der Waals surface area contributed by atoms with Crippen molar-refractivity contribution in [1.29, 1.82) is 0 Å². The minimum absolute atomic E-state index is 0.794. The number of benzene rings is 2. The van der Waals surface area contributed by atoms with Crippen LogP contribution in [0.25, 0.3) is 29.6 Å². The lowest BCUT2D eigenvalue weighted by molar-refractivity contribution is 1.58. The van der Waals surface area contributed by atoms with E-state index < -0.39 is 0 Å². The Balaban J connectivity index is 2.49. The SMILES string of the molecule is CSc1c(Cl)c2sc(=S)sc2c2c(SC)c(Cl)c3sc(=S)sc3c12. The molecule has 0 aliphatic heterocycles. The third kappa shape index (κ3) is 2.65. The molecule has 0 spiro atoms. The number of thioether (sulfide) groups is 2. The fourth-order valence-corrected chi connectivity index (χ4v) is 10.7. The minimum Gasteiger partial charge on any atom is -0.127 e. The molecule has 0 atom stereocenters. The normalized spacial score (nSPS) is 12.0. The molecule has 124 valence electrons. The molecule has 0 fully saturated rings. The lowest BCUT2D eigenvalue weighted by Crippen LogP contribution is -1.86. The van der Waals surface area contributed by atoms with E-state index in [0.717, 1.165) is 44.9 Å². The molecular formula is C14H6Cl2S8. The maximum atomic E-state index is 6.77. The number of halogens is 2. The number of rotatable bonds is 2. The summed E-state index contributed by atoms with van der Waals surface area (Å²) in [5.74, 6) is 0. The first-order valence-corrected chi connectivity index (χ1v) is 13.7. The van der Waals surface area contributed by atoms with Gasteiger partial charge in [-0.25, -0.2) is 0 Å². The summed E-state index contributed by atoms with van der Waals surface area (Å²) in [7, 11) is 0. The lowest BCUT2D eigenvalue weighted by Gasteiger charge is -2.14. The number of fused-ring (bicyclic) bond motifs is 5. The van der Waals surface area contributed by atoms with Gasteiger partial charge in [0.25, 0.3) is 0 Å². The Morgan fingerprint density at radius 3 is 1.33 bits per heavy atom. The van der Waals surface area contributed by atoms with Crippen LogP contribution in [0.5, 0.6) is 0 Å². The quantitative estimate of drug-likeness (QED) is 0.198. The van der Waals surface area contributed by atoms with E-state index in [1.165, 1.54) is 10.8 Å². The number of hydrogen-bond acceptors (Lipinski definition) is 8. The van der Waals surface area contributed by atoms with Gasteiger partial charge in [-0.3, -0.25) is 0 Å². The molecule has 2 heterocycles. The van der Waals surface area contributed by atoms with Crippen molar-refractivity contribution in [1.82, 2.24) is 0 Å². The average molecular weight is 502 g/mol. The summed E-state index contributed by atoms with van der Waals surface area (Å²) in [6.07, 6.45) is 4.12. The first-order valence-electron chi connectivity index (χ1n) is 6.39. The molecule has 0 N–H and O–H groups in total. The van der Waals surface area contributed by atoms with Crippen molar-refractivity contribution in [2.45, 2.75) is 9.79 Å². The molecule has 0 saturated heterocycles. The first-order chi connectivity index (χ1) is 11.5. The molecule has 0 aliphatic rings. The highest BCUT2D eigenvalue weighted by Gasteiger charge is 2.23. The van der Waals surface area contributed by atoms with Gasteiger partial charge in [0.15, 0.2) is 0 Å². The summed E-state index contributed by atoms with van der Waals surface area (Å²) in [6, 6.07) is 0. The third-order valence-electron chi connectivity index (χ3n) is 3.52. The van der Waals surface area contributed by atoms with Gasteiger partial charge in [-0.15, -0.1) is 68.9 Å². The Bertz CT molecular complexity index is 1140. The smallest absolute Gasteiger partial charge is 0.127 e. The Morgan fingerprint density at radius 2 is 1.00 bits per heavy atom. The summed E-state index contributed by atoms with van der Waals surface area (Å²) in [5.41, 5.74) is 0. The molecule has 0 bridgehead atoms. The summed E-state index contributed by atoms with van der Waals surface area (Å²) in [4.78, 5) is 2.17. The molecule has 4 aromatic rings. The van der Waals surface area contributed by atoms with E-state index in [-0.39, 0.29) is 0 Å². The summed E-state index contributed by atoms with van der Waals surface area (Å²) in [5, 5.41) is 3.93. The molecule has 0 amide bonds. The lowest BCUT2D eigenvalue weighted by atomic mass is 10.1. The largest absolute Gasteiger partial charge is 0.144 e. The highest BCUT2D eigenvalue weighted by molar-refractivity contribution is 7.99. The number of hydrogen-bond donors (Lipinski definition) is 0. The molecule has 0 aliphatic carbocycles. The Kier molecular flexibility index (Phi) is 5.28. The topological polar surface area (TPSA) is 0 Å². The maximum Gasteiger partial charge on any atom is 0.144 e. The van der Waals surface area contributed by atoms with E-state index in [1.807, 2.05) is 0 Å². The van der Waals surface area contributed by atoms with Gasteiger partial charge in [-0.05, 0) is 12.5 Å². The van der Waals surface area contributed by atoms with Gasteiger partial charge in [0.1, 0.15) is 6.28 Å². The van der Waals surface area contributed by atoms with E-state index in [2.05, 4.69) is 12.5 Å². The summed E-state index contributed by atoms with van der Waals surface area (Å²) in [6.45, 7) is 0. The molecule has 0 radical (unpaired) electrons. The van der Waals surface area contributed by atoms with E-state index in [0.29, 0.717) is 0 Å². The maximum absolute atomic E-state index is 6.77. The Labute approximate surface area is 182 Å². The Morgan fingerprint density at radius 1 is 0.667 bits per heavy atom. The second-order valence-electron chi connectivity index (χ2n) is 4.67. The molecule has 2 aromatic carbocycles. The van der Waals surface area contributed by atoms with Crippen LogP contribution >= 0.6 is 117 Å². The van der Waals surface area contributed by atoms with E-state index in [9.17, 15) is 0 Å². The average Bonchev–Trinajstić information content (AvgIpc) is 3.12. The van der Waals surface area contributed by atoms with Gasteiger partial charge in [0, 0.05) is 20.6 Å². The molecule has 10 heteroatoms. The van der Waals surface area contributed by atoms with Gasteiger partial charge in [-0.1, -0.05) is 47.6 Å². The fourth-order valence-electron chi connectivity index (χ4n) is 2.65. The van der Waals surface area contributed by atoms with Crippen molar-refractivity contribution < 1.29 is 0 Å². The molecule has 0 saturated carbocycles. The highest BCUT2D eigenvalue weighted by atomic mass is 35.5. The van der Waals surface area contributed by atoms with Crippen LogP contribution in [0.2, 0.25) is 10.0 Å². The van der Waals surface area contributed by atoms with Crippen LogP contribution in [0.3, 0.4) is 0 Å². The molecule has 24 heavy (non-hydrogen) atoms. The predicted molar refractivity (Wildman–Crippen MR) is 126 cm³/mol. The van der Waals surface area contributed by atoms with Crippen LogP contribution in [0.15, 0.2) is 9.79 Å². The van der Waals surface area contributed by atoms with Crippen LogP contribution in [-0.2, 0) is 0 Å². The van der Waals surface area contributed by atoms with Crippen molar-refractivity contribution in [3.63, 3.8) is 0 Å². The van der Waals surface area contributed by atoms with Gasteiger partial charge in [0.05, 0.1) is 28.8 Å².